The number of rotatable bonds is 6. The monoisotopic (exact) mass is 297 g/mol. The molecule has 0 saturated heterocycles. The molecule has 8 heteroatoms. The Bertz CT molecular complexity index is 514. The van der Waals surface area contributed by atoms with Crippen molar-refractivity contribution in [3.8, 4) is 0 Å². The van der Waals surface area contributed by atoms with E-state index in [1.165, 1.54) is 18.2 Å². The second-order valence-corrected chi connectivity index (χ2v) is 5.96. The minimum absolute atomic E-state index is 0.00850. The first-order valence-electron chi connectivity index (χ1n) is 5.44. The van der Waals surface area contributed by atoms with E-state index in [9.17, 15) is 21.6 Å². The maximum absolute atomic E-state index is 11.9. The van der Waals surface area contributed by atoms with Crippen molar-refractivity contribution >= 4 is 15.5 Å². The van der Waals surface area contributed by atoms with Crippen LogP contribution in [0.5, 0.6) is 0 Å². The van der Waals surface area contributed by atoms with Crippen molar-refractivity contribution in [2.75, 3.05) is 24.7 Å². The zero-order chi connectivity index (χ0) is 14.5. The first-order valence-corrected chi connectivity index (χ1v) is 7.09. The number of ether oxygens (including phenoxy) is 1. The molecule has 108 valence electrons. The molecule has 0 atom stereocenters. The highest BCUT2D eigenvalue weighted by Gasteiger charge is 2.27. The molecule has 1 aromatic rings. The number of sulfone groups is 1. The topological polar surface area (TPSA) is 69.4 Å². The number of para-hydroxylation sites is 1. The number of nitrogen functional groups attached to an aromatic ring is 1. The van der Waals surface area contributed by atoms with Gasteiger partial charge in [0.1, 0.15) is 6.61 Å². The summed E-state index contributed by atoms with van der Waals surface area (Å²) in [6.45, 7) is -1.65. The lowest BCUT2D eigenvalue weighted by Crippen LogP contribution is -2.18. The zero-order valence-corrected chi connectivity index (χ0v) is 10.8. The van der Waals surface area contributed by atoms with Gasteiger partial charge in [-0.25, -0.2) is 8.42 Å². The summed E-state index contributed by atoms with van der Waals surface area (Å²) in [5, 5.41) is 0. The van der Waals surface area contributed by atoms with Gasteiger partial charge < -0.3 is 10.5 Å². The van der Waals surface area contributed by atoms with Crippen molar-refractivity contribution in [1.82, 2.24) is 0 Å². The normalized spacial score (nSPS) is 12.6. The van der Waals surface area contributed by atoms with Crippen LogP contribution in [0.2, 0.25) is 0 Å². The van der Waals surface area contributed by atoms with Gasteiger partial charge in [-0.05, 0) is 18.6 Å². The molecule has 0 aliphatic heterocycles. The highest BCUT2D eigenvalue weighted by atomic mass is 32.2. The fourth-order valence-electron chi connectivity index (χ4n) is 1.41. The Balaban J connectivity index is 2.47. The standard InChI is InChI=1S/C11H14F3NO3S/c12-11(13,14)8-18-6-3-7-19(16,17)10-5-2-1-4-9(10)15/h1-2,4-5H,3,6-8,15H2. The summed E-state index contributed by atoms with van der Waals surface area (Å²) < 4.78 is 63.4. The lowest BCUT2D eigenvalue weighted by Gasteiger charge is -2.09. The molecule has 0 heterocycles. The summed E-state index contributed by atoms with van der Waals surface area (Å²) in [4.78, 5) is -0.00850. The van der Waals surface area contributed by atoms with E-state index in [-0.39, 0.29) is 29.4 Å². The summed E-state index contributed by atoms with van der Waals surface area (Å²) in [5.74, 6) is -0.306. The summed E-state index contributed by atoms with van der Waals surface area (Å²) in [7, 11) is -3.59. The van der Waals surface area contributed by atoms with Crippen LogP contribution in [0.1, 0.15) is 6.42 Å². The van der Waals surface area contributed by atoms with Crippen LogP contribution >= 0.6 is 0 Å². The van der Waals surface area contributed by atoms with Crippen LogP contribution in [0.15, 0.2) is 29.2 Å². The van der Waals surface area contributed by atoms with Gasteiger partial charge in [-0.1, -0.05) is 12.1 Å². The third kappa shape index (κ3) is 5.48. The fraction of sp³-hybridized carbons (Fsp3) is 0.455. The number of hydrogen-bond acceptors (Lipinski definition) is 4. The first kappa shape index (κ1) is 15.8. The highest BCUT2D eigenvalue weighted by molar-refractivity contribution is 7.91. The summed E-state index contributed by atoms with van der Waals surface area (Å²) in [6.07, 6.45) is -4.42. The van der Waals surface area contributed by atoms with Gasteiger partial charge in [0.05, 0.1) is 16.3 Å². The van der Waals surface area contributed by atoms with E-state index >= 15 is 0 Å². The van der Waals surface area contributed by atoms with Crippen molar-refractivity contribution in [2.24, 2.45) is 0 Å². The van der Waals surface area contributed by atoms with Gasteiger partial charge in [-0.3, -0.25) is 0 Å². The largest absolute Gasteiger partial charge is 0.411 e. The van der Waals surface area contributed by atoms with E-state index in [0.29, 0.717) is 0 Å². The fourth-order valence-corrected chi connectivity index (χ4v) is 2.84. The van der Waals surface area contributed by atoms with Crippen LogP contribution in [0.25, 0.3) is 0 Å². The average Bonchev–Trinajstić information content (AvgIpc) is 2.27. The van der Waals surface area contributed by atoms with Crippen LogP contribution in [0.3, 0.4) is 0 Å². The third-order valence-electron chi connectivity index (χ3n) is 2.22. The van der Waals surface area contributed by atoms with Crippen molar-refractivity contribution in [1.29, 1.82) is 0 Å². The van der Waals surface area contributed by atoms with Crippen LogP contribution < -0.4 is 5.73 Å². The van der Waals surface area contributed by atoms with Gasteiger partial charge in [0.15, 0.2) is 9.84 Å². The minimum atomic E-state index is -4.40. The third-order valence-corrected chi connectivity index (χ3v) is 4.09. The second kappa shape index (κ2) is 6.25. The number of nitrogens with two attached hydrogens (primary N) is 1. The molecule has 1 aromatic carbocycles. The maximum atomic E-state index is 11.9. The van der Waals surface area contributed by atoms with Crippen molar-refractivity contribution in [2.45, 2.75) is 17.5 Å². The minimum Gasteiger partial charge on any atom is -0.398 e. The molecule has 0 radical (unpaired) electrons. The summed E-state index contributed by atoms with van der Waals surface area (Å²) >= 11 is 0. The number of halogens is 3. The number of alkyl halides is 3. The van der Waals surface area contributed by atoms with Crippen LogP contribution in [0.4, 0.5) is 18.9 Å². The molecule has 0 aromatic heterocycles. The first-order chi connectivity index (χ1) is 8.72. The molecule has 0 unspecified atom stereocenters. The molecule has 0 amide bonds. The van der Waals surface area contributed by atoms with Crippen molar-refractivity contribution in [3.05, 3.63) is 24.3 Å². The molecule has 4 nitrogen and oxygen atoms in total. The van der Waals surface area contributed by atoms with Crippen LogP contribution in [-0.4, -0.2) is 33.6 Å². The predicted molar refractivity (Wildman–Crippen MR) is 64.4 cm³/mol. The van der Waals surface area contributed by atoms with E-state index in [4.69, 9.17) is 5.73 Å². The van der Waals surface area contributed by atoms with Gasteiger partial charge in [0.25, 0.3) is 0 Å². The summed E-state index contributed by atoms with van der Waals surface area (Å²) in [5.41, 5.74) is 5.66. The maximum Gasteiger partial charge on any atom is 0.411 e. The van der Waals surface area contributed by atoms with E-state index in [1.807, 2.05) is 0 Å². The summed E-state index contributed by atoms with van der Waals surface area (Å²) in [6, 6.07) is 5.94. The Morgan fingerprint density at radius 3 is 2.42 bits per heavy atom. The van der Waals surface area contributed by atoms with Gasteiger partial charge in [-0.2, -0.15) is 13.2 Å². The highest BCUT2D eigenvalue weighted by Crippen LogP contribution is 2.19. The molecule has 1 rings (SSSR count). The number of anilines is 1. The number of benzene rings is 1. The Kier molecular flexibility index (Phi) is 5.19. The van der Waals surface area contributed by atoms with E-state index in [0.717, 1.165) is 0 Å². The number of hydrogen-bond donors (Lipinski definition) is 1. The molecular formula is C11H14F3NO3S. The molecular weight excluding hydrogens is 283 g/mol. The zero-order valence-electron chi connectivity index (χ0n) is 9.98. The second-order valence-electron chi connectivity index (χ2n) is 3.88. The van der Waals surface area contributed by atoms with Gasteiger partial charge >= 0.3 is 6.18 Å². The Morgan fingerprint density at radius 1 is 1.21 bits per heavy atom. The molecule has 0 aliphatic carbocycles. The SMILES string of the molecule is Nc1ccccc1S(=O)(=O)CCCOCC(F)(F)F. The quantitative estimate of drug-likeness (QED) is 0.644. The molecule has 19 heavy (non-hydrogen) atoms. The Morgan fingerprint density at radius 2 is 1.84 bits per heavy atom. The smallest absolute Gasteiger partial charge is 0.398 e. The molecule has 0 bridgehead atoms. The van der Waals surface area contributed by atoms with Crippen molar-refractivity contribution < 1.29 is 26.3 Å². The lowest BCUT2D eigenvalue weighted by molar-refractivity contribution is -0.173. The van der Waals surface area contributed by atoms with E-state index in [1.54, 1.807) is 6.07 Å². The Hall–Kier alpha value is -1.28. The Labute approximate surface area is 109 Å². The van der Waals surface area contributed by atoms with Crippen molar-refractivity contribution in [3.63, 3.8) is 0 Å². The van der Waals surface area contributed by atoms with Gasteiger partial charge in [-0.15, -0.1) is 0 Å². The van der Waals surface area contributed by atoms with Gasteiger partial charge in [0.2, 0.25) is 0 Å². The lowest BCUT2D eigenvalue weighted by atomic mass is 10.3. The molecule has 0 aliphatic rings. The molecule has 0 spiro atoms. The van der Waals surface area contributed by atoms with Crippen LogP contribution in [-0.2, 0) is 14.6 Å². The van der Waals surface area contributed by atoms with E-state index in [2.05, 4.69) is 4.74 Å². The van der Waals surface area contributed by atoms with Gasteiger partial charge in [0, 0.05) is 6.61 Å². The van der Waals surface area contributed by atoms with E-state index < -0.39 is 22.6 Å². The average molecular weight is 297 g/mol. The predicted octanol–water partition coefficient (Wildman–Crippen LogP) is 2.01. The molecule has 0 saturated carbocycles. The molecule has 2 N–H and O–H groups in total. The molecule has 0 fully saturated rings. The van der Waals surface area contributed by atoms with Crippen LogP contribution in [0, 0.1) is 0 Å².